The van der Waals surface area contributed by atoms with Gasteiger partial charge in [0.1, 0.15) is 12.1 Å². The number of nitrogens with one attached hydrogen (secondary N) is 1. The lowest BCUT2D eigenvalue weighted by atomic mass is 10.0. The number of hydrogen-bond donors (Lipinski definition) is 1. The van der Waals surface area contributed by atoms with Crippen LogP contribution in [-0.2, 0) is 17.6 Å². The van der Waals surface area contributed by atoms with E-state index >= 15 is 0 Å². The number of benzene rings is 1. The van der Waals surface area contributed by atoms with Crippen molar-refractivity contribution in [2.24, 2.45) is 0 Å². The first-order valence-corrected chi connectivity index (χ1v) is 7.61. The van der Waals surface area contributed by atoms with Crippen LogP contribution >= 0.6 is 0 Å². The molecular formula is C17H19N3O. The van der Waals surface area contributed by atoms with Gasteiger partial charge in [0.15, 0.2) is 0 Å². The van der Waals surface area contributed by atoms with E-state index in [1.165, 1.54) is 11.1 Å². The van der Waals surface area contributed by atoms with Crippen molar-refractivity contribution in [3.63, 3.8) is 0 Å². The maximum Gasteiger partial charge on any atom is 0.129 e. The molecule has 1 aromatic carbocycles. The van der Waals surface area contributed by atoms with Gasteiger partial charge in [-0.15, -0.1) is 0 Å². The van der Waals surface area contributed by atoms with Gasteiger partial charge in [-0.05, 0) is 30.4 Å². The average Bonchev–Trinajstić information content (AvgIpc) is 3.16. The number of nitrogens with zero attached hydrogens (tertiary/aromatic N) is 2. The molecule has 1 N–H and O–H groups in total. The molecule has 1 fully saturated rings. The number of anilines is 1. The summed E-state index contributed by atoms with van der Waals surface area (Å²) in [6, 6.07) is 11.2. The molecule has 4 heteroatoms. The summed E-state index contributed by atoms with van der Waals surface area (Å²) in [7, 11) is 0. The van der Waals surface area contributed by atoms with Gasteiger partial charge in [-0.2, -0.15) is 0 Å². The number of aromatic nitrogens is 2. The second-order valence-corrected chi connectivity index (χ2v) is 5.91. The van der Waals surface area contributed by atoms with Crippen LogP contribution in [0, 0.1) is 0 Å². The SMILES string of the molecule is c1ccc2c(c1)CC(Nc1cc([C@@H]3CCOC3)ncn1)C2. The van der Waals surface area contributed by atoms with Gasteiger partial charge in [-0.3, -0.25) is 0 Å². The summed E-state index contributed by atoms with van der Waals surface area (Å²) in [5.41, 5.74) is 4.00. The maximum atomic E-state index is 5.45. The van der Waals surface area contributed by atoms with Crippen molar-refractivity contribution in [2.75, 3.05) is 18.5 Å². The number of rotatable bonds is 3. The van der Waals surface area contributed by atoms with Gasteiger partial charge >= 0.3 is 0 Å². The molecule has 1 aliphatic carbocycles. The van der Waals surface area contributed by atoms with Crippen LogP contribution in [0.1, 0.15) is 29.2 Å². The van der Waals surface area contributed by atoms with Crippen LogP contribution in [0.15, 0.2) is 36.7 Å². The molecule has 1 saturated heterocycles. The summed E-state index contributed by atoms with van der Waals surface area (Å²) >= 11 is 0. The van der Waals surface area contributed by atoms with Crippen molar-refractivity contribution in [1.82, 2.24) is 9.97 Å². The Labute approximate surface area is 124 Å². The van der Waals surface area contributed by atoms with Crippen molar-refractivity contribution in [3.8, 4) is 0 Å². The standard InChI is InChI=1S/C17H19N3O/c1-2-4-13-8-15(7-12(13)3-1)20-17-9-16(18-11-19-17)14-5-6-21-10-14/h1-4,9,11,14-15H,5-8,10H2,(H,18,19,20)/t14-/m1/s1. The van der Waals surface area contributed by atoms with E-state index in [0.717, 1.165) is 44.0 Å². The lowest BCUT2D eigenvalue weighted by Gasteiger charge is -2.14. The molecule has 4 nitrogen and oxygen atoms in total. The van der Waals surface area contributed by atoms with Crippen LogP contribution in [0.25, 0.3) is 0 Å². The van der Waals surface area contributed by atoms with Crippen LogP contribution in [-0.4, -0.2) is 29.2 Å². The summed E-state index contributed by atoms with van der Waals surface area (Å²) in [6.45, 7) is 1.63. The minimum absolute atomic E-state index is 0.425. The molecule has 0 amide bonds. The highest BCUT2D eigenvalue weighted by Gasteiger charge is 2.22. The zero-order valence-electron chi connectivity index (χ0n) is 12.0. The van der Waals surface area contributed by atoms with E-state index in [1.807, 2.05) is 0 Å². The predicted octanol–water partition coefficient (Wildman–Crippen LogP) is 2.56. The van der Waals surface area contributed by atoms with Crippen LogP contribution in [0.2, 0.25) is 0 Å². The Morgan fingerprint density at radius 2 is 1.90 bits per heavy atom. The Morgan fingerprint density at radius 3 is 2.62 bits per heavy atom. The van der Waals surface area contributed by atoms with Crippen molar-refractivity contribution in [2.45, 2.75) is 31.2 Å². The zero-order chi connectivity index (χ0) is 14.1. The lowest BCUT2D eigenvalue weighted by molar-refractivity contribution is 0.193. The second kappa shape index (κ2) is 5.45. The van der Waals surface area contributed by atoms with Gasteiger partial charge in [-0.25, -0.2) is 9.97 Å². The van der Waals surface area contributed by atoms with Gasteiger partial charge in [0.2, 0.25) is 0 Å². The fraction of sp³-hybridized carbons (Fsp3) is 0.412. The normalized spacial score (nSPS) is 21.4. The molecule has 4 rings (SSSR count). The molecule has 0 bridgehead atoms. The van der Waals surface area contributed by atoms with E-state index in [0.29, 0.717) is 12.0 Å². The highest BCUT2D eigenvalue weighted by Crippen LogP contribution is 2.26. The first kappa shape index (κ1) is 12.8. The monoisotopic (exact) mass is 281 g/mol. The van der Waals surface area contributed by atoms with E-state index in [-0.39, 0.29) is 0 Å². The largest absolute Gasteiger partial charge is 0.381 e. The summed E-state index contributed by atoms with van der Waals surface area (Å²) in [4.78, 5) is 8.78. The summed E-state index contributed by atoms with van der Waals surface area (Å²) < 4.78 is 5.45. The lowest BCUT2D eigenvalue weighted by Crippen LogP contribution is -2.20. The van der Waals surface area contributed by atoms with Gasteiger partial charge in [-0.1, -0.05) is 24.3 Å². The van der Waals surface area contributed by atoms with Crippen LogP contribution in [0.5, 0.6) is 0 Å². The van der Waals surface area contributed by atoms with Gasteiger partial charge < -0.3 is 10.1 Å². The average molecular weight is 281 g/mol. The molecule has 0 radical (unpaired) electrons. The van der Waals surface area contributed by atoms with Crippen LogP contribution in [0.4, 0.5) is 5.82 Å². The number of hydrogen-bond acceptors (Lipinski definition) is 4. The molecule has 21 heavy (non-hydrogen) atoms. The minimum atomic E-state index is 0.425. The highest BCUT2D eigenvalue weighted by atomic mass is 16.5. The predicted molar refractivity (Wildman–Crippen MR) is 81.5 cm³/mol. The zero-order valence-corrected chi connectivity index (χ0v) is 12.0. The van der Waals surface area contributed by atoms with Crippen LogP contribution in [0.3, 0.4) is 0 Å². The van der Waals surface area contributed by atoms with E-state index in [9.17, 15) is 0 Å². The molecule has 108 valence electrons. The third-order valence-corrected chi connectivity index (χ3v) is 4.44. The Morgan fingerprint density at radius 1 is 1.10 bits per heavy atom. The van der Waals surface area contributed by atoms with E-state index in [4.69, 9.17) is 4.74 Å². The minimum Gasteiger partial charge on any atom is -0.381 e. The summed E-state index contributed by atoms with van der Waals surface area (Å²) in [6.07, 6.45) is 4.87. The topological polar surface area (TPSA) is 47.0 Å². The van der Waals surface area contributed by atoms with Crippen molar-refractivity contribution < 1.29 is 4.74 Å². The smallest absolute Gasteiger partial charge is 0.129 e. The third-order valence-electron chi connectivity index (χ3n) is 4.44. The molecule has 0 unspecified atom stereocenters. The molecule has 1 atom stereocenters. The van der Waals surface area contributed by atoms with Gasteiger partial charge in [0.25, 0.3) is 0 Å². The Balaban J connectivity index is 1.47. The first-order valence-electron chi connectivity index (χ1n) is 7.61. The first-order chi connectivity index (χ1) is 10.4. The molecule has 2 aromatic rings. The van der Waals surface area contributed by atoms with E-state index < -0.39 is 0 Å². The Hall–Kier alpha value is -1.94. The Kier molecular flexibility index (Phi) is 3.31. The quantitative estimate of drug-likeness (QED) is 0.939. The summed E-state index contributed by atoms with van der Waals surface area (Å²) in [5.74, 6) is 1.36. The third kappa shape index (κ3) is 2.63. The molecule has 2 aliphatic rings. The van der Waals surface area contributed by atoms with Gasteiger partial charge in [0.05, 0.1) is 12.3 Å². The Bertz CT molecular complexity index is 612. The van der Waals surface area contributed by atoms with E-state index in [2.05, 4.69) is 45.6 Å². The number of ether oxygens (including phenoxy) is 1. The molecule has 2 heterocycles. The molecule has 0 spiro atoms. The molecular weight excluding hydrogens is 262 g/mol. The fourth-order valence-electron chi connectivity index (χ4n) is 3.31. The maximum absolute atomic E-state index is 5.45. The van der Waals surface area contributed by atoms with E-state index in [1.54, 1.807) is 6.33 Å². The fourth-order valence-corrected chi connectivity index (χ4v) is 3.31. The second-order valence-electron chi connectivity index (χ2n) is 5.91. The molecule has 1 aromatic heterocycles. The highest BCUT2D eigenvalue weighted by molar-refractivity contribution is 5.42. The van der Waals surface area contributed by atoms with Gasteiger partial charge in [0, 0.05) is 24.6 Å². The summed E-state index contributed by atoms with van der Waals surface area (Å²) in [5, 5.41) is 3.56. The van der Waals surface area contributed by atoms with Crippen molar-refractivity contribution >= 4 is 5.82 Å². The van der Waals surface area contributed by atoms with Crippen molar-refractivity contribution in [1.29, 1.82) is 0 Å². The molecule has 1 aliphatic heterocycles. The number of fused-ring (bicyclic) bond motifs is 1. The van der Waals surface area contributed by atoms with Crippen molar-refractivity contribution in [3.05, 3.63) is 53.5 Å². The van der Waals surface area contributed by atoms with Crippen LogP contribution < -0.4 is 5.32 Å². The molecule has 0 saturated carbocycles.